The van der Waals surface area contributed by atoms with Gasteiger partial charge in [0.15, 0.2) is 0 Å². The van der Waals surface area contributed by atoms with Crippen molar-refractivity contribution in [2.24, 2.45) is 0 Å². The van der Waals surface area contributed by atoms with Gasteiger partial charge in [0.2, 0.25) is 0 Å². The van der Waals surface area contributed by atoms with Crippen LogP contribution in [0.2, 0.25) is 0 Å². The quantitative estimate of drug-likeness (QED) is 0.884. The Bertz CT molecular complexity index is 501. The molecule has 7 heteroatoms. The third-order valence-corrected chi connectivity index (χ3v) is 3.46. The lowest BCUT2D eigenvalue weighted by Gasteiger charge is -2.38. The maximum atomic E-state index is 14.1. The molecule has 116 valence electrons. The molecule has 1 fully saturated rings. The molecule has 1 atom stereocenters. The van der Waals surface area contributed by atoms with E-state index in [4.69, 9.17) is 10.4 Å². The number of nitriles is 1. The zero-order valence-corrected chi connectivity index (χ0v) is 12.2. The second kappa shape index (κ2) is 7.66. The van der Waals surface area contributed by atoms with E-state index in [1.165, 1.54) is 6.07 Å². The van der Waals surface area contributed by atoms with Crippen LogP contribution in [0.25, 0.3) is 0 Å². The molecule has 0 amide bonds. The van der Waals surface area contributed by atoms with E-state index in [1.54, 1.807) is 23.1 Å². The molecule has 0 saturated carbocycles. The molecule has 1 heterocycles. The predicted molar refractivity (Wildman–Crippen MR) is 77.6 cm³/mol. The molecular weight excluding hydrogens is 300 g/mol. The van der Waals surface area contributed by atoms with E-state index in [0.29, 0.717) is 37.3 Å². The third-order valence-electron chi connectivity index (χ3n) is 3.46. The fraction of sp³-hybridized carbons (Fsp3) is 0.500. The third kappa shape index (κ3) is 4.11. The summed E-state index contributed by atoms with van der Waals surface area (Å²) in [4.78, 5) is 1.66. The molecule has 0 aliphatic carbocycles. The Balaban J connectivity index is 0.00000220. The maximum Gasteiger partial charge on any atom is 0.289 e. The van der Waals surface area contributed by atoms with Crippen LogP contribution in [0.4, 0.5) is 8.78 Å². The molecule has 1 aliphatic heterocycles. The van der Waals surface area contributed by atoms with Gasteiger partial charge in [0, 0.05) is 26.2 Å². The molecule has 1 aromatic rings. The van der Waals surface area contributed by atoms with E-state index in [-0.39, 0.29) is 12.4 Å². The zero-order valence-electron chi connectivity index (χ0n) is 11.4. The molecule has 2 rings (SSSR count). The molecule has 1 aromatic carbocycles. The van der Waals surface area contributed by atoms with Gasteiger partial charge in [-0.1, -0.05) is 12.1 Å². The van der Waals surface area contributed by atoms with Gasteiger partial charge < -0.3 is 10.4 Å². The number of rotatable bonds is 4. The molecule has 2 N–H and O–H groups in total. The van der Waals surface area contributed by atoms with Crippen molar-refractivity contribution in [2.45, 2.75) is 12.0 Å². The van der Waals surface area contributed by atoms with Crippen molar-refractivity contribution in [3.8, 4) is 6.07 Å². The van der Waals surface area contributed by atoms with Crippen molar-refractivity contribution >= 4 is 12.4 Å². The highest BCUT2D eigenvalue weighted by Gasteiger charge is 2.44. The largest absolute Gasteiger partial charge is 0.390 e. The number of benzene rings is 1. The fourth-order valence-corrected chi connectivity index (χ4v) is 2.53. The average molecular weight is 318 g/mol. The van der Waals surface area contributed by atoms with Crippen molar-refractivity contribution in [1.29, 1.82) is 5.26 Å². The van der Waals surface area contributed by atoms with Gasteiger partial charge in [-0.25, -0.2) is 8.78 Å². The van der Waals surface area contributed by atoms with Crippen LogP contribution in [0.3, 0.4) is 0 Å². The van der Waals surface area contributed by atoms with Gasteiger partial charge in [-0.15, -0.1) is 12.4 Å². The monoisotopic (exact) mass is 317 g/mol. The minimum absolute atomic E-state index is 0. The minimum Gasteiger partial charge on any atom is -0.390 e. The Kier molecular flexibility index (Phi) is 6.49. The number of nitrogens with one attached hydrogen (secondary N) is 1. The highest BCUT2D eigenvalue weighted by molar-refractivity contribution is 5.85. The molecule has 0 aromatic heterocycles. The van der Waals surface area contributed by atoms with E-state index < -0.39 is 18.6 Å². The van der Waals surface area contributed by atoms with Crippen LogP contribution in [0.15, 0.2) is 24.3 Å². The standard InChI is InChI=1S/C14H17F2N3O.ClH/c15-14(16,10-20)13(19-6-4-18-5-7-19)12-3-1-2-11(8-12)9-17;/h1-3,8,13,18,20H,4-7,10H2;1H/t13-;/m0./s1. The van der Waals surface area contributed by atoms with E-state index in [9.17, 15) is 8.78 Å². The van der Waals surface area contributed by atoms with Gasteiger partial charge in [-0.2, -0.15) is 5.26 Å². The maximum absolute atomic E-state index is 14.1. The van der Waals surface area contributed by atoms with Gasteiger partial charge in [-0.05, 0) is 17.7 Å². The van der Waals surface area contributed by atoms with Crippen molar-refractivity contribution < 1.29 is 13.9 Å². The van der Waals surface area contributed by atoms with Crippen LogP contribution in [-0.4, -0.2) is 48.7 Å². The summed E-state index contributed by atoms with van der Waals surface area (Å²) in [5.74, 6) is -3.24. The molecule has 4 nitrogen and oxygen atoms in total. The second-order valence-electron chi connectivity index (χ2n) is 4.84. The summed E-state index contributed by atoms with van der Waals surface area (Å²) < 4.78 is 28.3. The number of aliphatic hydroxyl groups is 1. The van der Waals surface area contributed by atoms with Gasteiger partial charge in [0.05, 0.1) is 11.6 Å². The lowest BCUT2D eigenvalue weighted by Crippen LogP contribution is -2.51. The van der Waals surface area contributed by atoms with Crippen LogP contribution in [-0.2, 0) is 0 Å². The smallest absolute Gasteiger partial charge is 0.289 e. The Labute approximate surface area is 128 Å². The summed E-state index contributed by atoms with van der Waals surface area (Å²) >= 11 is 0. The van der Waals surface area contributed by atoms with Gasteiger partial charge in [0.1, 0.15) is 12.6 Å². The molecule has 0 radical (unpaired) electrons. The minimum atomic E-state index is -3.24. The number of piperazine rings is 1. The topological polar surface area (TPSA) is 59.3 Å². The summed E-state index contributed by atoms with van der Waals surface area (Å²) in [6.07, 6.45) is 0. The summed E-state index contributed by atoms with van der Waals surface area (Å²) in [5.41, 5.74) is 0.710. The van der Waals surface area contributed by atoms with Crippen molar-refractivity contribution in [1.82, 2.24) is 10.2 Å². The van der Waals surface area contributed by atoms with Crippen molar-refractivity contribution in [3.63, 3.8) is 0 Å². The Morgan fingerprint density at radius 1 is 1.38 bits per heavy atom. The molecule has 1 aliphatic rings. The normalized spacial score (nSPS) is 17.6. The number of hydrogen-bond acceptors (Lipinski definition) is 4. The molecule has 21 heavy (non-hydrogen) atoms. The number of alkyl halides is 2. The van der Waals surface area contributed by atoms with Crippen LogP contribution >= 0.6 is 12.4 Å². The highest BCUT2D eigenvalue weighted by Crippen LogP contribution is 2.36. The summed E-state index contributed by atoms with van der Waals surface area (Å²) in [7, 11) is 0. The lowest BCUT2D eigenvalue weighted by molar-refractivity contribution is -0.118. The van der Waals surface area contributed by atoms with Gasteiger partial charge >= 0.3 is 0 Å². The molecular formula is C14H18ClF2N3O. The molecule has 1 saturated heterocycles. The number of aliphatic hydroxyl groups excluding tert-OH is 1. The van der Waals surface area contributed by atoms with Gasteiger partial charge in [-0.3, -0.25) is 4.90 Å². The first-order valence-corrected chi connectivity index (χ1v) is 6.52. The Morgan fingerprint density at radius 2 is 2.05 bits per heavy atom. The first kappa shape index (κ1) is 17.8. The Morgan fingerprint density at radius 3 is 2.62 bits per heavy atom. The molecule has 0 bridgehead atoms. The van der Waals surface area contributed by atoms with E-state index in [0.717, 1.165) is 0 Å². The molecule has 0 spiro atoms. The van der Waals surface area contributed by atoms with E-state index >= 15 is 0 Å². The lowest BCUT2D eigenvalue weighted by atomic mass is 9.97. The van der Waals surface area contributed by atoms with Crippen molar-refractivity contribution in [2.75, 3.05) is 32.8 Å². The summed E-state index contributed by atoms with van der Waals surface area (Å²) in [6.45, 7) is 1.03. The Hall–Kier alpha value is -1.26. The van der Waals surface area contributed by atoms with Crippen LogP contribution in [0.5, 0.6) is 0 Å². The van der Waals surface area contributed by atoms with Crippen LogP contribution < -0.4 is 5.32 Å². The van der Waals surface area contributed by atoms with Gasteiger partial charge in [0.25, 0.3) is 5.92 Å². The predicted octanol–water partition coefficient (Wildman–Crippen LogP) is 1.55. The van der Waals surface area contributed by atoms with E-state index in [1.807, 2.05) is 6.07 Å². The zero-order chi connectivity index (χ0) is 14.6. The highest BCUT2D eigenvalue weighted by atomic mass is 35.5. The first-order valence-electron chi connectivity index (χ1n) is 6.52. The second-order valence-corrected chi connectivity index (χ2v) is 4.84. The summed E-state index contributed by atoms with van der Waals surface area (Å²) in [6, 6.07) is 6.97. The number of hydrogen-bond donors (Lipinski definition) is 2. The molecule has 0 unspecified atom stereocenters. The summed E-state index contributed by atoms with van der Waals surface area (Å²) in [5, 5.41) is 21.0. The fourth-order valence-electron chi connectivity index (χ4n) is 2.53. The number of nitrogens with zero attached hydrogens (tertiary/aromatic N) is 2. The SMILES string of the molecule is Cl.N#Cc1cccc([C@H](N2CCNCC2)C(F)(F)CO)c1. The van der Waals surface area contributed by atoms with Crippen LogP contribution in [0.1, 0.15) is 17.2 Å². The van der Waals surface area contributed by atoms with Crippen LogP contribution in [0, 0.1) is 11.3 Å². The van der Waals surface area contributed by atoms with E-state index in [2.05, 4.69) is 5.32 Å². The average Bonchev–Trinajstić information content (AvgIpc) is 2.48. The number of halogens is 3. The van der Waals surface area contributed by atoms with Crippen molar-refractivity contribution in [3.05, 3.63) is 35.4 Å². The first-order chi connectivity index (χ1) is 9.58.